The summed E-state index contributed by atoms with van der Waals surface area (Å²) < 4.78 is 32.9. The van der Waals surface area contributed by atoms with E-state index >= 15 is 0 Å². The van der Waals surface area contributed by atoms with Gasteiger partial charge in [-0.1, -0.05) is 36.4 Å². The van der Waals surface area contributed by atoms with Crippen molar-refractivity contribution in [2.45, 2.75) is 17.4 Å². The van der Waals surface area contributed by atoms with Gasteiger partial charge < -0.3 is 4.74 Å². The van der Waals surface area contributed by atoms with Crippen LogP contribution in [0, 0.1) is 0 Å². The lowest BCUT2D eigenvalue weighted by molar-refractivity contribution is -0.344. The molecule has 9 heteroatoms. The molecule has 4 rings (SSSR count). The highest BCUT2D eigenvalue weighted by molar-refractivity contribution is 7.93. The highest BCUT2D eigenvalue weighted by Gasteiger charge is 2.47. The Hall–Kier alpha value is -2.27. The van der Waals surface area contributed by atoms with E-state index in [0.29, 0.717) is 22.4 Å². The smallest absolute Gasteiger partial charge is 0.266 e. The third-order valence-corrected chi connectivity index (χ3v) is 6.28. The number of fused-ring (bicyclic) bond motifs is 3. The van der Waals surface area contributed by atoms with Gasteiger partial charge in [-0.2, -0.15) is 0 Å². The topological polar surface area (TPSA) is 94.5 Å². The SMILES string of the molecule is COC(OO)C1=C2c3ccccc3N(S(=O)(=O)c3ccccc3)[C@@H]2OOC1. The van der Waals surface area contributed by atoms with Gasteiger partial charge in [-0.05, 0) is 18.2 Å². The molecule has 142 valence electrons. The minimum absolute atomic E-state index is 0.0432. The Kier molecular flexibility index (Phi) is 4.72. The van der Waals surface area contributed by atoms with E-state index in [2.05, 4.69) is 4.89 Å². The molecule has 0 saturated carbocycles. The van der Waals surface area contributed by atoms with Crippen LogP contribution in [-0.2, 0) is 29.4 Å². The van der Waals surface area contributed by atoms with Crippen LogP contribution in [0.15, 0.2) is 65.1 Å². The molecule has 2 heterocycles. The molecule has 0 spiro atoms. The van der Waals surface area contributed by atoms with Gasteiger partial charge in [0, 0.05) is 23.8 Å². The van der Waals surface area contributed by atoms with Crippen LogP contribution in [0.3, 0.4) is 0 Å². The van der Waals surface area contributed by atoms with E-state index in [1.54, 1.807) is 42.5 Å². The summed E-state index contributed by atoms with van der Waals surface area (Å²) in [5.41, 5.74) is 2.04. The van der Waals surface area contributed by atoms with Crippen LogP contribution in [0.4, 0.5) is 5.69 Å². The maximum atomic E-state index is 13.3. The minimum Gasteiger partial charge on any atom is -0.350 e. The summed E-state index contributed by atoms with van der Waals surface area (Å²) in [5, 5.41) is 9.16. The molecule has 0 aliphatic carbocycles. The summed E-state index contributed by atoms with van der Waals surface area (Å²) in [4.78, 5) is 15.0. The number of benzene rings is 2. The monoisotopic (exact) mass is 391 g/mol. The zero-order valence-electron chi connectivity index (χ0n) is 14.3. The van der Waals surface area contributed by atoms with Gasteiger partial charge in [0.25, 0.3) is 10.0 Å². The fraction of sp³-hybridized carbons (Fsp3) is 0.222. The molecular weight excluding hydrogens is 374 g/mol. The molecule has 1 N–H and O–H groups in total. The molecule has 2 atom stereocenters. The molecule has 8 nitrogen and oxygen atoms in total. The Morgan fingerprint density at radius 2 is 1.85 bits per heavy atom. The first-order valence-electron chi connectivity index (χ1n) is 8.12. The zero-order chi connectivity index (χ0) is 19.0. The van der Waals surface area contributed by atoms with Gasteiger partial charge in [-0.15, -0.1) is 0 Å². The number of rotatable bonds is 5. The fourth-order valence-electron chi connectivity index (χ4n) is 3.33. The van der Waals surface area contributed by atoms with Crippen molar-refractivity contribution in [3.05, 3.63) is 65.7 Å². The first kappa shape index (κ1) is 18.1. The van der Waals surface area contributed by atoms with Crippen LogP contribution in [0.25, 0.3) is 5.57 Å². The molecule has 0 bridgehead atoms. The summed E-state index contributed by atoms with van der Waals surface area (Å²) >= 11 is 0. The lowest BCUT2D eigenvalue weighted by Gasteiger charge is -2.30. The van der Waals surface area contributed by atoms with Crippen LogP contribution in [0.5, 0.6) is 0 Å². The maximum absolute atomic E-state index is 13.3. The first-order chi connectivity index (χ1) is 13.1. The summed E-state index contributed by atoms with van der Waals surface area (Å²) in [5.74, 6) is 0. The number of nitrogens with zero attached hydrogens (tertiary/aromatic N) is 1. The summed E-state index contributed by atoms with van der Waals surface area (Å²) in [7, 11) is -2.58. The van der Waals surface area contributed by atoms with Crippen molar-refractivity contribution in [1.82, 2.24) is 0 Å². The average Bonchev–Trinajstić information content (AvgIpc) is 3.05. The highest BCUT2D eigenvalue weighted by atomic mass is 32.2. The summed E-state index contributed by atoms with van der Waals surface area (Å²) in [6.45, 7) is -0.0432. The molecule has 0 saturated heterocycles. The second kappa shape index (κ2) is 7.04. The highest BCUT2D eigenvalue weighted by Crippen LogP contribution is 2.47. The molecule has 0 amide bonds. The third-order valence-electron chi connectivity index (χ3n) is 4.51. The van der Waals surface area contributed by atoms with Gasteiger partial charge in [0.2, 0.25) is 12.5 Å². The van der Waals surface area contributed by atoms with Crippen LogP contribution in [-0.4, -0.2) is 39.9 Å². The normalized spacial score (nSPS) is 20.4. The van der Waals surface area contributed by atoms with Gasteiger partial charge >= 0.3 is 0 Å². The molecule has 0 fully saturated rings. The van der Waals surface area contributed by atoms with Crippen molar-refractivity contribution >= 4 is 21.3 Å². The quantitative estimate of drug-likeness (QED) is 0.475. The number of anilines is 1. The van der Waals surface area contributed by atoms with Crippen molar-refractivity contribution < 1.29 is 33.1 Å². The van der Waals surface area contributed by atoms with E-state index in [0.717, 1.165) is 4.31 Å². The zero-order valence-corrected chi connectivity index (χ0v) is 15.1. The van der Waals surface area contributed by atoms with Crippen molar-refractivity contribution in [2.75, 3.05) is 18.0 Å². The van der Waals surface area contributed by atoms with Crippen LogP contribution >= 0.6 is 0 Å². The second-order valence-electron chi connectivity index (χ2n) is 5.95. The van der Waals surface area contributed by atoms with Crippen molar-refractivity contribution in [3.63, 3.8) is 0 Å². The first-order valence-corrected chi connectivity index (χ1v) is 9.56. The van der Waals surface area contributed by atoms with Gasteiger partial charge in [0.1, 0.15) is 6.61 Å². The van der Waals surface area contributed by atoms with Crippen molar-refractivity contribution in [2.24, 2.45) is 0 Å². The van der Waals surface area contributed by atoms with Crippen molar-refractivity contribution in [1.29, 1.82) is 0 Å². The van der Waals surface area contributed by atoms with Gasteiger partial charge in [0.05, 0.1) is 10.6 Å². The molecule has 0 aromatic heterocycles. The molecule has 2 aliphatic rings. The number of methoxy groups -OCH3 is 1. The number of hydrogen-bond donors (Lipinski definition) is 1. The Morgan fingerprint density at radius 3 is 2.56 bits per heavy atom. The van der Waals surface area contributed by atoms with E-state index in [4.69, 9.17) is 19.8 Å². The Balaban J connectivity index is 1.93. The number of para-hydroxylation sites is 1. The fourth-order valence-corrected chi connectivity index (χ4v) is 4.87. The molecule has 2 aromatic rings. The van der Waals surface area contributed by atoms with E-state index in [1.807, 2.05) is 0 Å². The number of sulfonamides is 1. The van der Waals surface area contributed by atoms with Gasteiger partial charge in [0.15, 0.2) is 0 Å². The minimum atomic E-state index is -3.94. The Morgan fingerprint density at radius 1 is 1.15 bits per heavy atom. The average molecular weight is 391 g/mol. The van der Waals surface area contributed by atoms with E-state index in [1.165, 1.54) is 19.2 Å². The second-order valence-corrected chi connectivity index (χ2v) is 7.77. The van der Waals surface area contributed by atoms with Crippen LogP contribution < -0.4 is 4.31 Å². The maximum Gasteiger partial charge on any atom is 0.266 e. The lowest BCUT2D eigenvalue weighted by Crippen LogP contribution is -2.42. The number of ether oxygens (including phenoxy) is 1. The van der Waals surface area contributed by atoms with E-state index in [9.17, 15) is 8.42 Å². The van der Waals surface area contributed by atoms with Crippen LogP contribution in [0.2, 0.25) is 0 Å². The van der Waals surface area contributed by atoms with Crippen molar-refractivity contribution in [3.8, 4) is 0 Å². The molecule has 0 radical (unpaired) electrons. The van der Waals surface area contributed by atoms with Crippen LogP contribution in [0.1, 0.15) is 5.56 Å². The summed E-state index contributed by atoms with van der Waals surface area (Å²) in [6, 6.07) is 15.0. The van der Waals surface area contributed by atoms with Gasteiger partial charge in [-0.3, -0.25) is 0 Å². The molecule has 2 aliphatic heterocycles. The lowest BCUT2D eigenvalue weighted by atomic mass is 10.00. The molecule has 27 heavy (non-hydrogen) atoms. The predicted octanol–water partition coefficient (Wildman–Crippen LogP) is 2.40. The molecule has 1 unspecified atom stereocenters. The third kappa shape index (κ3) is 2.85. The molecule has 2 aromatic carbocycles. The molecular formula is C18H17NO7S. The predicted molar refractivity (Wildman–Crippen MR) is 94.8 cm³/mol. The Labute approximate surface area is 156 Å². The van der Waals surface area contributed by atoms with E-state index in [-0.39, 0.29) is 11.5 Å². The van der Waals surface area contributed by atoms with E-state index < -0.39 is 22.5 Å². The summed E-state index contributed by atoms with van der Waals surface area (Å²) in [6.07, 6.45) is -2.18. The Bertz CT molecular complexity index is 970. The standard InChI is InChI=1S/C18H17NO7S/c1-23-18(25-20)14-11-24-26-17-16(14)13-9-5-6-10-15(13)19(17)27(21,22)12-7-3-2-4-8-12/h2-10,17-18,20H,11H2,1H3/t17-,18?/m1/s1. The largest absolute Gasteiger partial charge is 0.350 e. The number of hydrogen-bond acceptors (Lipinski definition) is 7. The van der Waals surface area contributed by atoms with Gasteiger partial charge in [-0.25, -0.2) is 32.6 Å².